The predicted octanol–water partition coefficient (Wildman–Crippen LogP) is -1.44. The molecule has 12 heavy (non-hydrogen) atoms. The van der Waals surface area contributed by atoms with Crippen molar-refractivity contribution >= 4 is 11.5 Å². The highest BCUT2D eigenvalue weighted by Gasteiger charge is 2.06. The molecule has 0 aromatic carbocycles. The van der Waals surface area contributed by atoms with Gasteiger partial charge in [-0.15, -0.1) is 0 Å². The van der Waals surface area contributed by atoms with Crippen molar-refractivity contribution in [2.45, 2.75) is 13.1 Å². The molecule has 0 aliphatic rings. The summed E-state index contributed by atoms with van der Waals surface area (Å²) < 4.78 is 0. The molecule has 1 heterocycles. The van der Waals surface area contributed by atoms with Crippen molar-refractivity contribution in [2.75, 3.05) is 11.5 Å². The number of anilines is 2. The summed E-state index contributed by atoms with van der Waals surface area (Å²) in [4.78, 5) is 7.86. The number of nitrogen functional groups attached to an aromatic ring is 2. The summed E-state index contributed by atoms with van der Waals surface area (Å²) in [5.74, 6) is 0.702. The lowest BCUT2D eigenvalue weighted by atomic mass is 10.3. The lowest BCUT2D eigenvalue weighted by Gasteiger charge is -2.06. The van der Waals surface area contributed by atoms with Crippen LogP contribution >= 0.6 is 0 Å². The van der Waals surface area contributed by atoms with Crippen molar-refractivity contribution in [3.8, 4) is 0 Å². The second-order valence-corrected chi connectivity index (χ2v) is 2.29. The minimum Gasteiger partial charge on any atom is -0.394 e. The monoisotopic (exact) mass is 168 g/mol. The second-order valence-electron chi connectivity index (χ2n) is 2.29. The summed E-state index contributed by atoms with van der Waals surface area (Å²) in [6, 6.07) is 0. The third-order valence-corrected chi connectivity index (χ3v) is 1.48. The Bertz CT molecular complexity index is 284. The Kier molecular flexibility index (Phi) is 2.41. The second kappa shape index (κ2) is 3.33. The largest absolute Gasteiger partial charge is 0.394 e. The molecule has 0 unspecified atom stereocenters. The van der Waals surface area contributed by atoms with Crippen LogP contribution in [-0.2, 0) is 13.1 Å². The Hall–Kier alpha value is -1.40. The van der Waals surface area contributed by atoms with E-state index in [1.807, 2.05) is 0 Å². The van der Waals surface area contributed by atoms with E-state index in [-0.39, 0.29) is 18.9 Å². The first-order valence-electron chi connectivity index (χ1n) is 3.50. The van der Waals surface area contributed by atoms with Crippen LogP contribution in [0.5, 0.6) is 0 Å². The standard InChI is InChI=1S/C6H12N6/c7-1-3-5(9)6(10)12-4(2-8)11-3/h1-2,7-9H2,(H2,10,11,12). The van der Waals surface area contributed by atoms with E-state index in [9.17, 15) is 0 Å². The van der Waals surface area contributed by atoms with Gasteiger partial charge in [0.1, 0.15) is 5.82 Å². The maximum atomic E-state index is 5.55. The van der Waals surface area contributed by atoms with Crippen LogP contribution in [0.25, 0.3) is 0 Å². The molecular formula is C6H12N6. The van der Waals surface area contributed by atoms with Crippen LogP contribution < -0.4 is 22.9 Å². The Morgan fingerprint density at radius 2 is 1.67 bits per heavy atom. The van der Waals surface area contributed by atoms with Gasteiger partial charge in [-0.05, 0) is 0 Å². The molecule has 6 nitrogen and oxygen atoms in total. The van der Waals surface area contributed by atoms with Crippen LogP contribution in [0.2, 0.25) is 0 Å². The SMILES string of the molecule is NCc1nc(N)c(N)c(CN)n1. The van der Waals surface area contributed by atoms with Crippen LogP contribution in [0.15, 0.2) is 0 Å². The van der Waals surface area contributed by atoms with Crippen LogP contribution in [0, 0.1) is 0 Å². The molecule has 0 aliphatic carbocycles. The number of nitrogens with two attached hydrogens (primary N) is 4. The fourth-order valence-electron chi connectivity index (χ4n) is 0.835. The summed E-state index contributed by atoms with van der Waals surface area (Å²) in [5, 5.41) is 0. The van der Waals surface area contributed by atoms with Crippen LogP contribution in [0.4, 0.5) is 11.5 Å². The fourth-order valence-corrected chi connectivity index (χ4v) is 0.835. The topological polar surface area (TPSA) is 130 Å². The first-order chi connectivity index (χ1) is 5.69. The van der Waals surface area contributed by atoms with Crippen LogP contribution in [0.1, 0.15) is 11.5 Å². The Morgan fingerprint density at radius 3 is 2.17 bits per heavy atom. The fraction of sp³-hybridized carbons (Fsp3) is 0.333. The molecule has 0 bridgehead atoms. The first kappa shape index (κ1) is 8.69. The van der Waals surface area contributed by atoms with E-state index in [0.29, 0.717) is 17.2 Å². The van der Waals surface area contributed by atoms with E-state index in [4.69, 9.17) is 22.9 Å². The Morgan fingerprint density at radius 1 is 1.00 bits per heavy atom. The van der Waals surface area contributed by atoms with Gasteiger partial charge in [0, 0.05) is 6.54 Å². The van der Waals surface area contributed by atoms with Crippen molar-refractivity contribution < 1.29 is 0 Å². The van der Waals surface area contributed by atoms with E-state index in [1.165, 1.54) is 0 Å². The third-order valence-electron chi connectivity index (χ3n) is 1.48. The van der Waals surface area contributed by atoms with Gasteiger partial charge in [0.05, 0.1) is 17.9 Å². The zero-order valence-corrected chi connectivity index (χ0v) is 6.62. The van der Waals surface area contributed by atoms with Gasteiger partial charge >= 0.3 is 0 Å². The zero-order valence-electron chi connectivity index (χ0n) is 6.62. The van der Waals surface area contributed by atoms with Crippen molar-refractivity contribution in [3.63, 3.8) is 0 Å². The highest BCUT2D eigenvalue weighted by atomic mass is 15.0. The van der Waals surface area contributed by atoms with Crippen molar-refractivity contribution in [3.05, 3.63) is 11.5 Å². The van der Waals surface area contributed by atoms with E-state index in [2.05, 4.69) is 9.97 Å². The van der Waals surface area contributed by atoms with Gasteiger partial charge in [-0.25, -0.2) is 9.97 Å². The smallest absolute Gasteiger partial charge is 0.150 e. The third kappa shape index (κ3) is 1.44. The van der Waals surface area contributed by atoms with Gasteiger partial charge in [-0.3, -0.25) is 0 Å². The molecule has 0 saturated carbocycles. The van der Waals surface area contributed by atoms with Crippen molar-refractivity contribution in [2.24, 2.45) is 11.5 Å². The summed E-state index contributed by atoms with van der Waals surface area (Å²) in [7, 11) is 0. The predicted molar refractivity (Wildman–Crippen MR) is 46.6 cm³/mol. The van der Waals surface area contributed by atoms with Gasteiger partial charge in [0.25, 0.3) is 0 Å². The van der Waals surface area contributed by atoms with Crippen LogP contribution in [0.3, 0.4) is 0 Å². The van der Waals surface area contributed by atoms with Gasteiger partial charge in [0.15, 0.2) is 5.82 Å². The maximum absolute atomic E-state index is 5.55. The molecule has 1 aromatic heterocycles. The Labute approximate surface area is 70.0 Å². The minimum atomic E-state index is 0.234. The summed E-state index contributed by atoms with van der Waals surface area (Å²) in [5.41, 5.74) is 22.6. The molecule has 0 radical (unpaired) electrons. The lowest BCUT2D eigenvalue weighted by Crippen LogP contribution is -2.13. The molecular weight excluding hydrogens is 156 g/mol. The van der Waals surface area contributed by atoms with Crippen molar-refractivity contribution in [1.29, 1.82) is 0 Å². The molecule has 8 N–H and O–H groups in total. The maximum Gasteiger partial charge on any atom is 0.150 e. The highest BCUT2D eigenvalue weighted by Crippen LogP contribution is 2.14. The molecule has 0 atom stereocenters. The van der Waals surface area contributed by atoms with Gasteiger partial charge in [-0.1, -0.05) is 0 Å². The molecule has 1 aromatic rings. The average molecular weight is 168 g/mol. The molecule has 6 heteroatoms. The molecule has 0 fully saturated rings. The van der Waals surface area contributed by atoms with Crippen LogP contribution in [-0.4, -0.2) is 9.97 Å². The van der Waals surface area contributed by atoms with Gasteiger partial charge < -0.3 is 22.9 Å². The first-order valence-corrected chi connectivity index (χ1v) is 3.50. The van der Waals surface area contributed by atoms with E-state index < -0.39 is 0 Å². The lowest BCUT2D eigenvalue weighted by molar-refractivity contribution is 0.867. The number of hydrogen-bond donors (Lipinski definition) is 4. The molecule has 0 spiro atoms. The van der Waals surface area contributed by atoms with Gasteiger partial charge in [-0.2, -0.15) is 0 Å². The zero-order chi connectivity index (χ0) is 9.14. The quantitative estimate of drug-likeness (QED) is 0.428. The minimum absolute atomic E-state index is 0.234. The molecule has 0 amide bonds. The summed E-state index contributed by atoms with van der Waals surface area (Å²) in [6.45, 7) is 0.475. The van der Waals surface area contributed by atoms with E-state index in [0.717, 1.165) is 0 Å². The highest BCUT2D eigenvalue weighted by molar-refractivity contribution is 5.60. The Balaban J connectivity index is 3.19. The number of hydrogen-bond acceptors (Lipinski definition) is 6. The summed E-state index contributed by atoms with van der Waals surface area (Å²) >= 11 is 0. The van der Waals surface area contributed by atoms with E-state index in [1.54, 1.807) is 0 Å². The molecule has 66 valence electrons. The van der Waals surface area contributed by atoms with Crippen molar-refractivity contribution in [1.82, 2.24) is 9.97 Å². The normalized spacial score (nSPS) is 10.2. The number of nitrogens with zero attached hydrogens (tertiary/aromatic N) is 2. The molecule has 1 rings (SSSR count). The number of rotatable bonds is 2. The van der Waals surface area contributed by atoms with Gasteiger partial charge in [0.2, 0.25) is 0 Å². The average Bonchev–Trinajstić information content (AvgIpc) is 2.09. The number of aromatic nitrogens is 2. The van der Waals surface area contributed by atoms with E-state index >= 15 is 0 Å². The summed E-state index contributed by atoms with van der Waals surface area (Å²) in [6.07, 6.45) is 0. The molecule has 0 aliphatic heterocycles. The molecule has 0 saturated heterocycles.